The van der Waals surface area contributed by atoms with E-state index in [1.54, 1.807) is 7.05 Å². The van der Waals surface area contributed by atoms with E-state index in [2.05, 4.69) is 20.6 Å². The fourth-order valence-electron chi connectivity index (χ4n) is 2.63. The summed E-state index contributed by atoms with van der Waals surface area (Å²) >= 11 is 0. The van der Waals surface area contributed by atoms with E-state index in [9.17, 15) is 9.50 Å². The lowest BCUT2D eigenvalue weighted by Gasteiger charge is -2.30. The number of aliphatic hydroxyl groups excluding tert-OH is 1. The number of aromatic nitrogens is 2. The molecule has 1 saturated carbocycles. The quantitative estimate of drug-likeness (QED) is 0.760. The van der Waals surface area contributed by atoms with E-state index in [1.807, 2.05) is 0 Å². The number of hydrogen-bond donors (Lipinski definition) is 3. The van der Waals surface area contributed by atoms with Gasteiger partial charge in [-0.3, -0.25) is 0 Å². The Kier molecular flexibility index (Phi) is 4.90. The summed E-state index contributed by atoms with van der Waals surface area (Å²) in [6, 6.07) is 0. The molecule has 0 radical (unpaired) electrons. The Morgan fingerprint density at radius 1 is 1.37 bits per heavy atom. The van der Waals surface area contributed by atoms with Gasteiger partial charge in [0.15, 0.2) is 11.6 Å². The Morgan fingerprint density at radius 2 is 2.11 bits per heavy atom. The van der Waals surface area contributed by atoms with Crippen LogP contribution < -0.4 is 10.6 Å². The minimum absolute atomic E-state index is 0.209. The molecule has 2 rings (SSSR count). The van der Waals surface area contributed by atoms with Crippen LogP contribution in [0.25, 0.3) is 0 Å². The molecular weight excluding hydrogens is 247 g/mol. The zero-order chi connectivity index (χ0) is 13.7. The molecule has 19 heavy (non-hydrogen) atoms. The predicted octanol–water partition coefficient (Wildman–Crippen LogP) is 1.87. The summed E-state index contributed by atoms with van der Waals surface area (Å²) < 4.78 is 13.6. The molecule has 6 heteroatoms. The highest BCUT2D eigenvalue weighted by atomic mass is 19.1. The van der Waals surface area contributed by atoms with Crippen LogP contribution in [0, 0.1) is 17.7 Å². The Bertz CT molecular complexity index is 416. The molecule has 1 aromatic rings. The topological polar surface area (TPSA) is 70.1 Å². The molecule has 0 aromatic carbocycles. The van der Waals surface area contributed by atoms with Crippen LogP contribution in [0.4, 0.5) is 16.2 Å². The maximum atomic E-state index is 13.6. The zero-order valence-corrected chi connectivity index (χ0v) is 11.2. The van der Waals surface area contributed by atoms with Crippen molar-refractivity contribution >= 4 is 11.8 Å². The van der Waals surface area contributed by atoms with Crippen LogP contribution in [-0.4, -0.2) is 35.3 Å². The largest absolute Gasteiger partial charge is 0.396 e. The number of anilines is 2. The van der Waals surface area contributed by atoms with Crippen molar-refractivity contribution in [2.24, 2.45) is 11.8 Å². The number of nitrogens with one attached hydrogen (secondary N) is 2. The molecule has 0 spiro atoms. The first-order valence-corrected chi connectivity index (χ1v) is 6.79. The fraction of sp³-hybridized carbons (Fsp3) is 0.692. The van der Waals surface area contributed by atoms with Crippen LogP contribution in [0.2, 0.25) is 0 Å². The number of aliphatic hydroxyl groups is 1. The van der Waals surface area contributed by atoms with Crippen molar-refractivity contribution in [1.82, 2.24) is 9.97 Å². The van der Waals surface area contributed by atoms with Crippen LogP contribution in [-0.2, 0) is 0 Å². The smallest absolute Gasteiger partial charge is 0.224 e. The molecule has 106 valence electrons. The third-order valence-electron chi connectivity index (χ3n) is 3.80. The van der Waals surface area contributed by atoms with Gasteiger partial charge >= 0.3 is 0 Å². The lowest BCUT2D eigenvalue weighted by Crippen LogP contribution is -2.29. The normalized spacial score (nSPS) is 23.1. The zero-order valence-electron chi connectivity index (χ0n) is 11.2. The second-order valence-electron chi connectivity index (χ2n) is 5.01. The molecule has 1 aliphatic rings. The number of nitrogens with zero attached hydrogens (tertiary/aromatic N) is 2. The van der Waals surface area contributed by atoms with Crippen molar-refractivity contribution in [3.05, 3.63) is 12.0 Å². The maximum Gasteiger partial charge on any atom is 0.224 e. The summed E-state index contributed by atoms with van der Waals surface area (Å²) in [5.74, 6) is 0.865. The van der Waals surface area contributed by atoms with Crippen molar-refractivity contribution in [1.29, 1.82) is 0 Å². The Hall–Kier alpha value is -1.43. The first kappa shape index (κ1) is 14.0. The first-order valence-electron chi connectivity index (χ1n) is 6.79. The van der Waals surface area contributed by atoms with Crippen LogP contribution in [0.3, 0.4) is 0 Å². The van der Waals surface area contributed by atoms with Crippen molar-refractivity contribution in [3.8, 4) is 0 Å². The monoisotopic (exact) mass is 268 g/mol. The van der Waals surface area contributed by atoms with Gasteiger partial charge in [0.1, 0.15) is 0 Å². The minimum atomic E-state index is -0.449. The molecule has 0 amide bonds. The first-order chi connectivity index (χ1) is 9.24. The van der Waals surface area contributed by atoms with Crippen LogP contribution in [0.5, 0.6) is 0 Å². The van der Waals surface area contributed by atoms with Gasteiger partial charge in [0.05, 0.1) is 6.20 Å². The summed E-state index contributed by atoms with van der Waals surface area (Å²) in [5.41, 5.74) is 0. The second-order valence-corrected chi connectivity index (χ2v) is 5.01. The molecular formula is C13H21FN4O. The van der Waals surface area contributed by atoms with E-state index in [0.29, 0.717) is 24.3 Å². The van der Waals surface area contributed by atoms with Gasteiger partial charge < -0.3 is 15.7 Å². The van der Waals surface area contributed by atoms with Gasteiger partial charge in [0.2, 0.25) is 5.95 Å². The average molecular weight is 268 g/mol. The molecule has 3 N–H and O–H groups in total. The summed E-state index contributed by atoms with van der Waals surface area (Å²) in [5, 5.41) is 15.2. The molecule has 0 bridgehead atoms. The molecule has 1 aromatic heterocycles. The molecule has 1 fully saturated rings. The average Bonchev–Trinajstić information content (AvgIpc) is 2.46. The van der Waals surface area contributed by atoms with E-state index in [0.717, 1.165) is 19.0 Å². The second kappa shape index (κ2) is 6.65. The summed E-state index contributed by atoms with van der Waals surface area (Å²) in [7, 11) is 1.69. The molecule has 2 atom stereocenters. The SMILES string of the molecule is CNc1ncc(F)c(NCC2CCCCC2CO)n1. The predicted molar refractivity (Wildman–Crippen MR) is 72.6 cm³/mol. The Morgan fingerprint density at radius 3 is 2.79 bits per heavy atom. The van der Waals surface area contributed by atoms with Crippen molar-refractivity contribution < 1.29 is 9.50 Å². The van der Waals surface area contributed by atoms with E-state index in [1.165, 1.54) is 12.8 Å². The number of hydrogen-bond acceptors (Lipinski definition) is 5. The van der Waals surface area contributed by atoms with Gasteiger partial charge in [-0.15, -0.1) is 0 Å². The third-order valence-corrected chi connectivity index (χ3v) is 3.80. The minimum Gasteiger partial charge on any atom is -0.396 e. The highest BCUT2D eigenvalue weighted by molar-refractivity contribution is 5.40. The van der Waals surface area contributed by atoms with Crippen LogP contribution in [0.15, 0.2) is 6.20 Å². The molecule has 0 aliphatic heterocycles. The van der Waals surface area contributed by atoms with Gasteiger partial charge in [-0.1, -0.05) is 12.8 Å². The Labute approximate surface area is 112 Å². The lowest BCUT2D eigenvalue weighted by atomic mass is 9.79. The van der Waals surface area contributed by atoms with Gasteiger partial charge in [-0.05, 0) is 24.7 Å². The molecule has 2 unspecified atom stereocenters. The lowest BCUT2D eigenvalue weighted by molar-refractivity contribution is 0.141. The summed E-state index contributed by atoms with van der Waals surface area (Å²) in [6.07, 6.45) is 5.64. The number of rotatable bonds is 5. The highest BCUT2D eigenvalue weighted by Gasteiger charge is 2.24. The van der Waals surface area contributed by atoms with E-state index < -0.39 is 5.82 Å². The van der Waals surface area contributed by atoms with Gasteiger partial charge in [-0.2, -0.15) is 4.98 Å². The molecule has 0 saturated heterocycles. The Balaban J connectivity index is 1.97. The van der Waals surface area contributed by atoms with Crippen molar-refractivity contribution in [2.45, 2.75) is 25.7 Å². The van der Waals surface area contributed by atoms with E-state index in [4.69, 9.17) is 0 Å². The molecule has 1 aliphatic carbocycles. The number of halogens is 1. The van der Waals surface area contributed by atoms with Gasteiger partial charge in [0, 0.05) is 20.2 Å². The third kappa shape index (κ3) is 3.53. The summed E-state index contributed by atoms with van der Waals surface area (Å²) in [4.78, 5) is 7.86. The maximum absolute atomic E-state index is 13.6. The molecule has 5 nitrogen and oxygen atoms in total. The van der Waals surface area contributed by atoms with Crippen molar-refractivity contribution in [3.63, 3.8) is 0 Å². The van der Waals surface area contributed by atoms with Crippen molar-refractivity contribution in [2.75, 3.05) is 30.8 Å². The van der Waals surface area contributed by atoms with E-state index in [-0.39, 0.29) is 12.4 Å². The van der Waals surface area contributed by atoms with Gasteiger partial charge in [0.25, 0.3) is 0 Å². The highest BCUT2D eigenvalue weighted by Crippen LogP contribution is 2.29. The molecule has 1 heterocycles. The van der Waals surface area contributed by atoms with Gasteiger partial charge in [-0.25, -0.2) is 9.37 Å². The van der Waals surface area contributed by atoms with Crippen LogP contribution >= 0.6 is 0 Å². The summed E-state index contributed by atoms with van der Waals surface area (Å²) in [6.45, 7) is 0.850. The standard InChI is InChI=1S/C13H21FN4O/c1-15-13-17-7-11(14)12(18-13)16-6-9-4-2-3-5-10(9)8-19/h7,9-10,19H,2-6,8H2,1H3,(H2,15,16,17,18). The van der Waals surface area contributed by atoms with Crippen LogP contribution in [0.1, 0.15) is 25.7 Å². The fourth-order valence-corrected chi connectivity index (χ4v) is 2.63. The van der Waals surface area contributed by atoms with E-state index >= 15 is 0 Å².